The van der Waals surface area contributed by atoms with Gasteiger partial charge in [0.2, 0.25) is 6.29 Å². The molecule has 0 bridgehead atoms. The van der Waals surface area contributed by atoms with Gasteiger partial charge in [0.05, 0.1) is 0 Å². The van der Waals surface area contributed by atoms with Gasteiger partial charge in [-0.25, -0.2) is 0 Å². The lowest BCUT2D eigenvalue weighted by Crippen LogP contribution is -1.77. The number of carbonyl (C=O) groups excluding carboxylic acids is 1. The summed E-state index contributed by atoms with van der Waals surface area (Å²) in [5.41, 5.74) is 2.42. The summed E-state index contributed by atoms with van der Waals surface area (Å²) < 4.78 is 0. The van der Waals surface area contributed by atoms with Crippen LogP contribution in [0.25, 0.3) is 0 Å². The van der Waals surface area contributed by atoms with E-state index in [2.05, 4.69) is 19.9 Å². The van der Waals surface area contributed by atoms with E-state index in [0.717, 1.165) is 18.4 Å². The van der Waals surface area contributed by atoms with Gasteiger partial charge in [0.15, 0.2) is 0 Å². The van der Waals surface area contributed by atoms with Crippen LogP contribution in [-0.4, -0.2) is 6.29 Å². The Balaban J connectivity index is 3.63. The molecule has 0 N–H and O–H groups in total. The molecular formula is C10H15O. The first-order valence-electron chi connectivity index (χ1n) is 3.83. The van der Waals surface area contributed by atoms with Crippen molar-refractivity contribution in [2.24, 2.45) is 0 Å². The Kier molecular flexibility index (Phi) is 5.44. The van der Waals surface area contributed by atoms with Crippen molar-refractivity contribution in [2.45, 2.75) is 33.6 Å². The maximum atomic E-state index is 9.90. The zero-order valence-corrected chi connectivity index (χ0v) is 7.48. The van der Waals surface area contributed by atoms with Gasteiger partial charge in [-0.15, -0.1) is 0 Å². The number of hydrogen-bond acceptors (Lipinski definition) is 1. The monoisotopic (exact) mass is 151 g/mol. The lowest BCUT2D eigenvalue weighted by molar-refractivity contribution is 0.564. The van der Waals surface area contributed by atoms with Crippen LogP contribution < -0.4 is 0 Å². The molecule has 0 aliphatic heterocycles. The summed E-state index contributed by atoms with van der Waals surface area (Å²) in [5, 5.41) is 0. The molecule has 0 atom stereocenters. The third kappa shape index (κ3) is 7.04. The van der Waals surface area contributed by atoms with Gasteiger partial charge in [-0.1, -0.05) is 17.2 Å². The summed E-state index contributed by atoms with van der Waals surface area (Å²) in [6, 6.07) is 0. The summed E-state index contributed by atoms with van der Waals surface area (Å²) >= 11 is 0. The third-order valence-electron chi connectivity index (χ3n) is 1.40. The topological polar surface area (TPSA) is 17.1 Å². The van der Waals surface area contributed by atoms with Crippen LogP contribution in [0.5, 0.6) is 0 Å². The quantitative estimate of drug-likeness (QED) is 0.446. The van der Waals surface area contributed by atoms with Crippen LogP contribution in [0.1, 0.15) is 33.6 Å². The highest BCUT2D eigenvalue weighted by molar-refractivity contribution is 5.66. The van der Waals surface area contributed by atoms with Crippen molar-refractivity contribution in [2.75, 3.05) is 0 Å². The molecule has 0 aromatic heterocycles. The molecule has 0 amide bonds. The highest BCUT2D eigenvalue weighted by atomic mass is 16.1. The Labute approximate surface area is 68.8 Å². The second kappa shape index (κ2) is 5.90. The molecule has 0 saturated carbocycles. The van der Waals surface area contributed by atoms with E-state index in [1.54, 1.807) is 6.29 Å². The van der Waals surface area contributed by atoms with E-state index in [1.165, 1.54) is 11.6 Å². The lowest BCUT2D eigenvalue weighted by atomic mass is 10.1. The van der Waals surface area contributed by atoms with Gasteiger partial charge in [0.1, 0.15) is 0 Å². The first-order chi connectivity index (χ1) is 5.16. The molecular weight excluding hydrogens is 136 g/mol. The molecule has 0 aromatic carbocycles. The van der Waals surface area contributed by atoms with Crippen LogP contribution in [0.2, 0.25) is 0 Å². The van der Waals surface area contributed by atoms with Crippen LogP contribution in [0.4, 0.5) is 0 Å². The molecule has 0 fully saturated rings. The Morgan fingerprint density at radius 3 is 2.45 bits per heavy atom. The first kappa shape index (κ1) is 10.2. The summed E-state index contributed by atoms with van der Waals surface area (Å²) in [7, 11) is 0. The Hall–Kier alpha value is -0.850. The number of rotatable bonds is 4. The molecule has 1 heteroatoms. The molecule has 0 saturated heterocycles. The molecule has 0 aliphatic carbocycles. The standard InChI is InChI=1S/C10H15O/c1-9(2)5-4-6-10(3)7-8-11/h5,7H,4,6H2,1-3H3/b10-7+. The summed E-state index contributed by atoms with van der Waals surface area (Å²) in [6.45, 7) is 6.10. The average molecular weight is 151 g/mol. The van der Waals surface area contributed by atoms with Crippen LogP contribution in [0.15, 0.2) is 23.3 Å². The van der Waals surface area contributed by atoms with E-state index in [-0.39, 0.29) is 0 Å². The van der Waals surface area contributed by atoms with E-state index < -0.39 is 0 Å². The highest BCUT2D eigenvalue weighted by Crippen LogP contribution is 2.05. The molecule has 1 radical (unpaired) electrons. The molecule has 11 heavy (non-hydrogen) atoms. The minimum absolute atomic E-state index is 0.959. The fourth-order valence-corrected chi connectivity index (χ4v) is 0.761. The second-order valence-electron chi connectivity index (χ2n) is 2.93. The average Bonchev–Trinajstić information content (AvgIpc) is 1.87. The smallest absolute Gasteiger partial charge is 0.225 e. The van der Waals surface area contributed by atoms with Gasteiger partial charge < -0.3 is 0 Å². The van der Waals surface area contributed by atoms with Gasteiger partial charge in [-0.05, 0) is 39.7 Å². The fourth-order valence-electron chi connectivity index (χ4n) is 0.761. The molecule has 0 aliphatic rings. The van der Waals surface area contributed by atoms with Crippen molar-refractivity contribution in [3.63, 3.8) is 0 Å². The van der Waals surface area contributed by atoms with Crippen molar-refractivity contribution in [3.05, 3.63) is 23.3 Å². The summed E-state index contributed by atoms with van der Waals surface area (Å²) in [4.78, 5) is 9.90. The lowest BCUT2D eigenvalue weighted by Gasteiger charge is -1.94. The zero-order chi connectivity index (χ0) is 8.69. The predicted octanol–water partition coefficient (Wildman–Crippen LogP) is 2.79. The van der Waals surface area contributed by atoms with Gasteiger partial charge in [0.25, 0.3) is 0 Å². The largest absolute Gasteiger partial charge is 0.286 e. The van der Waals surface area contributed by atoms with Gasteiger partial charge in [0, 0.05) is 0 Å². The van der Waals surface area contributed by atoms with Crippen LogP contribution in [0.3, 0.4) is 0 Å². The third-order valence-corrected chi connectivity index (χ3v) is 1.40. The minimum atomic E-state index is 0.959. The Bertz CT molecular complexity index is 171. The van der Waals surface area contributed by atoms with E-state index in [1.807, 2.05) is 6.92 Å². The first-order valence-corrected chi connectivity index (χ1v) is 3.83. The Morgan fingerprint density at radius 1 is 1.36 bits per heavy atom. The van der Waals surface area contributed by atoms with Crippen LogP contribution >= 0.6 is 0 Å². The molecule has 0 rings (SSSR count). The van der Waals surface area contributed by atoms with Crippen molar-refractivity contribution < 1.29 is 4.79 Å². The molecule has 0 unspecified atom stereocenters. The van der Waals surface area contributed by atoms with Gasteiger partial charge in [-0.2, -0.15) is 0 Å². The maximum Gasteiger partial charge on any atom is 0.225 e. The maximum absolute atomic E-state index is 9.90. The number of allylic oxidation sites excluding steroid dienone is 4. The number of hydrogen-bond donors (Lipinski definition) is 0. The molecule has 61 valence electrons. The molecule has 0 spiro atoms. The van der Waals surface area contributed by atoms with Crippen molar-refractivity contribution in [1.82, 2.24) is 0 Å². The van der Waals surface area contributed by atoms with E-state index in [4.69, 9.17) is 0 Å². The molecule has 0 heterocycles. The minimum Gasteiger partial charge on any atom is -0.286 e. The van der Waals surface area contributed by atoms with Crippen LogP contribution in [-0.2, 0) is 4.79 Å². The zero-order valence-electron chi connectivity index (χ0n) is 7.48. The Morgan fingerprint density at radius 2 is 2.00 bits per heavy atom. The van der Waals surface area contributed by atoms with Gasteiger partial charge >= 0.3 is 0 Å². The SMILES string of the molecule is CC(C)=CCC/C(C)=C/[C]=O. The highest BCUT2D eigenvalue weighted by Gasteiger charge is 1.87. The normalized spacial score (nSPS) is 11.0. The van der Waals surface area contributed by atoms with Gasteiger partial charge in [-0.3, -0.25) is 4.79 Å². The van der Waals surface area contributed by atoms with Crippen molar-refractivity contribution in [3.8, 4) is 0 Å². The molecule has 1 nitrogen and oxygen atoms in total. The summed E-state index contributed by atoms with van der Waals surface area (Å²) in [6.07, 6.45) is 7.42. The fraction of sp³-hybridized carbons (Fsp3) is 0.500. The van der Waals surface area contributed by atoms with Crippen LogP contribution in [0, 0.1) is 0 Å². The summed E-state index contributed by atoms with van der Waals surface area (Å²) in [5.74, 6) is 0. The molecule has 0 aromatic rings. The van der Waals surface area contributed by atoms with Crippen molar-refractivity contribution in [1.29, 1.82) is 0 Å². The predicted molar refractivity (Wildman–Crippen MR) is 48.1 cm³/mol. The van der Waals surface area contributed by atoms with E-state index in [0.29, 0.717) is 0 Å². The second-order valence-corrected chi connectivity index (χ2v) is 2.93. The van der Waals surface area contributed by atoms with E-state index >= 15 is 0 Å². The van der Waals surface area contributed by atoms with Crippen molar-refractivity contribution >= 4 is 6.29 Å². The van der Waals surface area contributed by atoms with E-state index in [9.17, 15) is 4.79 Å².